The molecule has 1 amide bonds. The van der Waals surface area contributed by atoms with Crippen LogP contribution in [-0.4, -0.2) is 50.6 Å². The number of amides is 1. The SMILES string of the molecule is CCCCNC(=O)/C(C#N)=C\Nc1ccc(N2CCN(C)CC2)cc1. The number of nitriles is 1. The maximum atomic E-state index is 11.9. The van der Waals surface area contributed by atoms with Crippen LogP contribution in [0.1, 0.15) is 19.8 Å². The lowest BCUT2D eigenvalue weighted by Crippen LogP contribution is -2.44. The summed E-state index contributed by atoms with van der Waals surface area (Å²) in [6, 6.07) is 10.0. The molecule has 0 unspecified atom stereocenters. The summed E-state index contributed by atoms with van der Waals surface area (Å²) in [5, 5.41) is 14.9. The van der Waals surface area contributed by atoms with Crippen LogP contribution in [0.5, 0.6) is 0 Å². The minimum Gasteiger partial charge on any atom is -0.369 e. The summed E-state index contributed by atoms with van der Waals surface area (Å²) in [4.78, 5) is 16.6. The number of anilines is 2. The number of hydrogen-bond donors (Lipinski definition) is 2. The summed E-state index contributed by atoms with van der Waals surface area (Å²) >= 11 is 0. The minimum absolute atomic E-state index is 0.0826. The van der Waals surface area contributed by atoms with Gasteiger partial charge in [-0.3, -0.25) is 4.79 Å². The number of hydrogen-bond acceptors (Lipinski definition) is 5. The third-order valence-electron chi connectivity index (χ3n) is 4.30. The van der Waals surface area contributed by atoms with Crippen molar-refractivity contribution in [3.63, 3.8) is 0 Å². The molecule has 0 bridgehead atoms. The summed E-state index contributed by atoms with van der Waals surface area (Å²) in [5.74, 6) is -0.336. The van der Waals surface area contributed by atoms with E-state index in [4.69, 9.17) is 5.26 Å². The normalized spacial score (nSPS) is 15.6. The smallest absolute Gasteiger partial charge is 0.263 e. The van der Waals surface area contributed by atoms with E-state index in [1.165, 1.54) is 11.9 Å². The number of likely N-dealkylation sites (N-methyl/N-ethyl adjacent to an activating group) is 1. The highest BCUT2D eigenvalue weighted by atomic mass is 16.1. The van der Waals surface area contributed by atoms with Crippen LogP contribution >= 0.6 is 0 Å². The second-order valence-corrected chi connectivity index (χ2v) is 6.26. The standard InChI is InChI=1S/C19H27N5O/c1-3-4-9-21-19(25)16(14-20)15-22-17-5-7-18(8-6-17)24-12-10-23(2)11-13-24/h5-8,15,22H,3-4,9-13H2,1-2H3,(H,21,25)/b16-15-. The Hall–Kier alpha value is -2.52. The van der Waals surface area contributed by atoms with Crippen molar-refractivity contribution >= 4 is 17.3 Å². The molecular formula is C19H27N5O. The maximum absolute atomic E-state index is 11.9. The van der Waals surface area contributed by atoms with Crippen LogP contribution < -0.4 is 15.5 Å². The predicted octanol–water partition coefficient (Wildman–Crippen LogP) is 2.17. The number of unbranched alkanes of at least 4 members (excludes halogenated alkanes) is 1. The van der Waals surface area contributed by atoms with E-state index in [9.17, 15) is 4.79 Å². The lowest BCUT2D eigenvalue weighted by atomic mass is 10.2. The molecule has 6 nitrogen and oxygen atoms in total. The fraction of sp³-hybridized carbons (Fsp3) is 0.474. The molecule has 0 aromatic heterocycles. The molecule has 1 heterocycles. The van der Waals surface area contributed by atoms with Crippen molar-refractivity contribution in [2.75, 3.05) is 50.0 Å². The van der Waals surface area contributed by atoms with Crippen molar-refractivity contribution in [2.24, 2.45) is 0 Å². The van der Waals surface area contributed by atoms with E-state index < -0.39 is 0 Å². The van der Waals surface area contributed by atoms with Crippen molar-refractivity contribution in [2.45, 2.75) is 19.8 Å². The van der Waals surface area contributed by atoms with Crippen molar-refractivity contribution in [3.8, 4) is 6.07 Å². The van der Waals surface area contributed by atoms with Crippen LogP contribution in [0.3, 0.4) is 0 Å². The van der Waals surface area contributed by atoms with Gasteiger partial charge in [-0.2, -0.15) is 5.26 Å². The van der Waals surface area contributed by atoms with E-state index in [-0.39, 0.29) is 11.5 Å². The molecule has 0 atom stereocenters. The maximum Gasteiger partial charge on any atom is 0.263 e. The highest BCUT2D eigenvalue weighted by molar-refractivity contribution is 5.97. The van der Waals surface area contributed by atoms with Crippen LogP contribution in [0.2, 0.25) is 0 Å². The Morgan fingerprint density at radius 1 is 1.24 bits per heavy atom. The zero-order valence-corrected chi connectivity index (χ0v) is 15.1. The van der Waals surface area contributed by atoms with Crippen LogP contribution in [0.25, 0.3) is 0 Å². The highest BCUT2D eigenvalue weighted by Gasteiger charge is 2.14. The van der Waals surface area contributed by atoms with Crippen LogP contribution in [-0.2, 0) is 4.79 Å². The second-order valence-electron chi connectivity index (χ2n) is 6.26. The molecule has 25 heavy (non-hydrogen) atoms. The Labute approximate surface area is 150 Å². The fourth-order valence-corrected chi connectivity index (χ4v) is 2.61. The first-order chi connectivity index (χ1) is 12.1. The van der Waals surface area contributed by atoms with Crippen molar-refractivity contribution in [3.05, 3.63) is 36.0 Å². The molecule has 1 aliphatic heterocycles. The molecule has 0 aliphatic carbocycles. The van der Waals surface area contributed by atoms with Gasteiger partial charge in [0.2, 0.25) is 0 Å². The van der Waals surface area contributed by atoms with Gasteiger partial charge in [0.15, 0.2) is 0 Å². The van der Waals surface area contributed by atoms with Gasteiger partial charge in [-0.1, -0.05) is 13.3 Å². The van der Waals surface area contributed by atoms with E-state index in [1.807, 2.05) is 18.2 Å². The summed E-state index contributed by atoms with van der Waals surface area (Å²) < 4.78 is 0. The topological polar surface area (TPSA) is 71.4 Å². The average molecular weight is 341 g/mol. The molecule has 2 rings (SSSR count). The van der Waals surface area contributed by atoms with E-state index in [0.29, 0.717) is 6.54 Å². The molecule has 1 aliphatic rings. The molecule has 0 saturated carbocycles. The predicted molar refractivity (Wildman–Crippen MR) is 101 cm³/mol. The summed E-state index contributed by atoms with van der Waals surface area (Å²) in [6.07, 6.45) is 3.38. The molecule has 134 valence electrons. The van der Waals surface area contributed by atoms with E-state index in [2.05, 4.69) is 46.5 Å². The molecule has 1 fully saturated rings. The Kier molecular flexibility index (Phi) is 7.30. The molecule has 1 aromatic carbocycles. The lowest BCUT2D eigenvalue weighted by molar-refractivity contribution is -0.117. The summed E-state index contributed by atoms with van der Waals surface area (Å²) in [7, 11) is 2.14. The van der Waals surface area contributed by atoms with Gasteiger partial charge in [-0.25, -0.2) is 0 Å². The first-order valence-corrected chi connectivity index (χ1v) is 8.82. The molecule has 1 aromatic rings. The van der Waals surface area contributed by atoms with Crippen molar-refractivity contribution in [1.82, 2.24) is 10.2 Å². The van der Waals surface area contributed by atoms with Gasteiger partial charge in [0, 0.05) is 50.3 Å². The van der Waals surface area contributed by atoms with Gasteiger partial charge in [-0.15, -0.1) is 0 Å². The Morgan fingerprint density at radius 2 is 1.92 bits per heavy atom. The van der Waals surface area contributed by atoms with Crippen LogP contribution in [0.4, 0.5) is 11.4 Å². The first-order valence-electron chi connectivity index (χ1n) is 8.82. The fourth-order valence-electron chi connectivity index (χ4n) is 2.61. The number of piperazine rings is 1. The van der Waals surface area contributed by atoms with Crippen LogP contribution in [0, 0.1) is 11.3 Å². The monoisotopic (exact) mass is 341 g/mol. The first kappa shape index (κ1) is 18.8. The third kappa shape index (κ3) is 5.80. The highest BCUT2D eigenvalue weighted by Crippen LogP contribution is 2.19. The molecule has 6 heteroatoms. The quantitative estimate of drug-likeness (QED) is 0.452. The second kappa shape index (κ2) is 9.70. The largest absolute Gasteiger partial charge is 0.369 e. The molecule has 1 saturated heterocycles. The van der Waals surface area contributed by atoms with Gasteiger partial charge >= 0.3 is 0 Å². The van der Waals surface area contributed by atoms with Gasteiger partial charge in [0.1, 0.15) is 11.6 Å². The Bertz CT molecular complexity index is 624. The lowest BCUT2D eigenvalue weighted by Gasteiger charge is -2.34. The summed E-state index contributed by atoms with van der Waals surface area (Å²) in [6.45, 7) is 6.84. The number of benzene rings is 1. The van der Waals surface area contributed by atoms with Gasteiger partial charge in [0.25, 0.3) is 5.91 Å². The van der Waals surface area contributed by atoms with E-state index in [1.54, 1.807) is 0 Å². The minimum atomic E-state index is -0.336. The zero-order valence-electron chi connectivity index (χ0n) is 15.1. The summed E-state index contributed by atoms with van der Waals surface area (Å²) in [5.41, 5.74) is 2.13. The number of nitrogens with one attached hydrogen (secondary N) is 2. The van der Waals surface area contributed by atoms with Crippen molar-refractivity contribution in [1.29, 1.82) is 5.26 Å². The molecule has 0 spiro atoms. The van der Waals surface area contributed by atoms with Gasteiger partial charge in [-0.05, 0) is 37.7 Å². The van der Waals surface area contributed by atoms with Crippen molar-refractivity contribution < 1.29 is 4.79 Å². The number of nitrogens with zero attached hydrogens (tertiary/aromatic N) is 3. The molecule has 0 radical (unpaired) electrons. The number of rotatable bonds is 7. The number of carbonyl (C=O) groups excluding carboxylic acids is 1. The van der Waals surface area contributed by atoms with Gasteiger partial charge < -0.3 is 20.4 Å². The average Bonchev–Trinajstić information content (AvgIpc) is 2.64. The molecular weight excluding hydrogens is 314 g/mol. The van der Waals surface area contributed by atoms with E-state index in [0.717, 1.165) is 44.7 Å². The zero-order chi connectivity index (χ0) is 18.1. The Morgan fingerprint density at radius 3 is 2.52 bits per heavy atom. The number of carbonyl (C=O) groups is 1. The Balaban J connectivity index is 1.91. The van der Waals surface area contributed by atoms with Gasteiger partial charge in [0.05, 0.1) is 0 Å². The van der Waals surface area contributed by atoms with Crippen LogP contribution in [0.15, 0.2) is 36.0 Å². The molecule has 2 N–H and O–H groups in total. The third-order valence-corrected chi connectivity index (χ3v) is 4.30. The van der Waals surface area contributed by atoms with E-state index >= 15 is 0 Å².